The number of hydrogen-bond donors (Lipinski definition) is 1. The summed E-state index contributed by atoms with van der Waals surface area (Å²) in [5.41, 5.74) is 5.16. The molecule has 0 heterocycles. The van der Waals surface area contributed by atoms with Gasteiger partial charge < -0.3 is 9.47 Å². The van der Waals surface area contributed by atoms with E-state index in [0.29, 0.717) is 33.2 Å². The average molecular weight is 427 g/mol. The zero-order chi connectivity index (χ0) is 21.5. The predicted octanol–water partition coefficient (Wildman–Crippen LogP) is 5.14. The SMILES string of the molecule is COc1cc(/C=N\NC(=O)c2ccc(C)cc2Cl)ccc1OCc1cccc(F)c1. The van der Waals surface area contributed by atoms with Gasteiger partial charge in [-0.3, -0.25) is 4.79 Å². The number of halogens is 2. The van der Waals surface area contributed by atoms with Gasteiger partial charge in [-0.25, -0.2) is 9.82 Å². The van der Waals surface area contributed by atoms with Crippen LogP contribution in [0.1, 0.15) is 27.0 Å². The van der Waals surface area contributed by atoms with Crippen molar-refractivity contribution in [2.45, 2.75) is 13.5 Å². The fraction of sp³-hybridized carbons (Fsp3) is 0.130. The molecule has 3 aromatic rings. The Kier molecular flexibility index (Phi) is 7.03. The van der Waals surface area contributed by atoms with Crippen molar-refractivity contribution in [1.29, 1.82) is 0 Å². The number of hydrogen-bond acceptors (Lipinski definition) is 4. The molecule has 3 aromatic carbocycles. The Balaban J connectivity index is 1.64. The van der Waals surface area contributed by atoms with Crippen molar-refractivity contribution in [3.8, 4) is 11.5 Å². The second kappa shape index (κ2) is 9.89. The standard InChI is InChI=1S/C23H20ClFN2O3/c1-15-6-8-19(20(24)10-15)23(28)27-26-13-16-7-9-21(22(12-16)29-2)30-14-17-4-3-5-18(25)11-17/h3-13H,14H2,1-2H3,(H,27,28)/b26-13-. The maximum atomic E-state index is 13.3. The lowest BCUT2D eigenvalue weighted by atomic mass is 10.1. The van der Waals surface area contributed by atoms with E-state index in [1.165, 1.54) is 25.5 Å². The maximum absolute atomic E-state index is 13.3. The van der Waals surface area contributed by atoms with Crippen LogP contribution in [0.3, 0.4) is 0 Å². The van der Waals surface area contributed by atoms with Crippen LogP contribution in [0.15, 0.2) is 65.8 Å². The summed E-state index contributed by atoms with van der Waals surface area (Å²) < 4.78 is 24.4. The number of rotatable bonds is 7. The third-order valence-electron chi connectivity index (χ3n) is 4.22. The van der Waals surface area contributed by atoms with Gasteiger partial charge in [-0.15, -0.1) is 0 Å². The number of nitrogens with one attached hydrogen (secondary N) is 1. The molecule has 0 fully saturated rings. The number of benzene rings is 3. The topological polar surface area (TPSA) is 59.9 Å². The Morgan fingerprint density at radius 1 is 1.13 bits per heavy atom. The molecular weight excluding hydrogens is 407 g/mol. The molecule has 0 saturated carbocycles. The van der Waals surface area contributed by atoms with Gasteiger partial charge in [0, 0.05) is 0 Å². The fourth-order valence-corrected chi connectivity index (χ4v) is 3.02. The minimum absolute atomic E-state index is 0.203. The van der Waals surface area contributed by atoms with Crippen LogP contribution in [0.5, 0.6) is 11.5 Å². The van der Waals surface area contributed by atoms with Crippen LogP contribution in [0.25, 0.3) is 0 Å². The quantitative estimate of drug-likeness (QED) is 0.420. The van der Waals surface area contributed by atoms with Crippen molar-refractivity contribution in [2.75, 3.05) is 7.11 Å². The van der Waals surface area contributed by atoms with Crippen molar-refractivity contribution in [3.05, 3.63) is 93.8 Å². The molecule has 0 atom stereocenters. The van der Waals surface area contributed by atoms with E-state index < -0.39 is 5.91 Å². The van der Waals surface area contributed by atoms with E-state index in [2.05, 4.69) is 10.5 Å². The molecule has 0 unspecified atom stereocenters. The minimum atomic E-state index is -0.404. The molecule has 0 aliphatic rings. The van der Waals surface area contributed by atoms with Gasteiger partial charge >= 0.3 is 0 Å². The zero-order valence-electron chi connectivity index (χ0n) is 16.5. The van der Waals surface area contributed by atoms with E-state index in [9.17, 15) is 9.18 Å². The molecule has 0 aromatic heterocycles. The first-order valence-electron chi connectivity index (χ1n) is 9.11. The first-order chi connectivity index (χ1) is 14.5. The van der Waals surface area contributed by atoms with Crippen LogP contribution in [0.2, 0.25) is 5.02 Å². The molecule has 0 radical (unpaired) electrons. The zero-order valence-corrected chi connectivity index (χ0v) is 17.2. The Hall–Kier alpha value is -3.38. The van der Waals surface area contributed by atoms with Gasteiger partial charge in [0.1, 0.15) is 12.4 Å². The van der Waals surface area contributed by atoms with Crippen molar-refractivity contribution in [1.82, 2.24) is 5.43 Å². The van der Waals surface area contributed by atoms with Gasteiger partial charge in [0.2, 0.25) is 0 Å². The largest absolute Gasteiger partial charge is 0.493 e. The lowest BCUT2D eigenvalue weighted by Crippen LogP contribution is -2.18. The molecule has 30 heavy (non-hydrogen) atoms. The summed E-state index contributed by atoms with van der Waals surface area (Å²) in [4.78, 5) is 12.2. The highest BCUT2D eigenvalue weighted by Gasteiger charge is 2.10. The highest BCUT2D eigenvalue weighted by atomic mass is 35.5. The Labute approximate surface area is 179 Å². The molecule has 3 rings (SSSR count). The van der Waals surface area contributed by atoms with Crippen LogP contribution in [0, 0.1) is 12.7 Å². The van der Waals surface area contributed by atoms with Crippen molar-refractivity contribution < 1.29 is 18.7 Å². The number of amides is 1. The van der Waals surface area contributed by atoms with Gasteiger partial charge in [-0.05, 0) is 66.1 Å². The first kappa shape index (κ1) is 21.3. The Bertz CT molecular complexity index is 1090. The van der Waals surface area contributed by atoms with Crippen LogP contribution < -0.4 is 14.9 Å². The summed E-state index contributed by atoms with van der Waals surface area (Å²) in [6, 6.07) is 16.6. The van der Waals surface area contributed by atoms with Crippen molar-refractivity contribution in [2.24, 2.45) is 5.10 Å². The average Bonchev–Trinajstić information content (AvgIpc) is 2.72. The van der Waals surface area contributed by atoms with Crippen molar-refractivity contribution in [3.63, 3.8) is 0 Å². The molecule has 1 N–H and O–H groups in total. The number of ether oxygens (including phenoxy) is 2. The predicted molar refractivity (Wildman–Crippen MR) is 115 cm³/mol. The number of methoxy groups -OCH3 is 1. The normalized spacial score (nSPS) is 10.8. The molecule has 0 aliphatic heterocycles. The third-order valence-corrected chi connectivity index (χ3v) is 4.53. The van der Waals surface area contributed by atoms with E-state index in [1.54, 1.807) is 48.5 Å². The van der Waals surface area contributed by atoms with Gasteiger partial charge in [0.25, 0.3) is 5.91 Å². The molecule has 0 bridgehead atoms. The highest BCUT2D eigenvalue weighted by Crippen LogP contribution is 2.28. The van der Waals surface area contributed by atoms with Gasteiger partial charge in [-0.1, -0.05) is 29.8 Å². The van der Waals surface area contributed by atoms with Crippen molar-refractivity contribution >= 4 is 23.7 Å². The third kappa shape index (κ3) is 5.58. The number of aryl methyl sites for hydroxylation is 1. The van der Waals surface area contributed by atoms with Crippen LogP contribution in [0.4, 0.5) is 4.39 Å². The van der Waals surface area contributed by atoms with Gasteiger partial charge in [0.15, 0.2) is 11.5 Å². The molecular formula is C23H20ClFN2O3. The van der Waals surface area contributed by atoms with E-state index in [-0.39, 0.29) is 12.4 Å². The monoisotopic (exact) mass is 426 g/mol. The molecule has 0 saturated heterocycles. The first-order valence-corrected chi connectivity index (χ1v) is 9.49. The summed E-state index contributed by atoms with van der Waals surface area (Å²) >= 11 is 6.10. The smallest absolute Gasteiger partial charge is 0.272 e. The molecule has 154 valence electrons. The van der Waals surface area contributed by atoms with E-state index in [0.717, 1.165) is 5.56 Å². The maximum Gasteiger partial charge on any atom is 0.272 e. The molecule has 7 heteroatoms. The van der Waals surface area contributed by atoms with E-state index >= 15 is 0 Å². The second-order valence-corrected chi connectivity index (χ2v) is 6.92. The number of nitrogens with zero attached hydrogens (tertiary/aromatic N) is 1. The summed E-state index contributed by atoms with van der Waals surface area (Å²) in [7, 11) is 1.52. The molecule has 0 aliphatic carbocycles. The van der Waals surface area contributed by atoms with Gasteiger partial charge in [0.05, 0.1) is 23.9 Å². The number of carbonyl (C=O) groups excluding carboxylic acids is 1. The van der Waals surface area contributed by atoms with Crippen LogP contribution in [-0.2, 0) is 6.61 Å². The second-order valence-electron chi connectivity index (χ2n) is 6.51. The highest BCUT2D eigenvalue weighted by molar-refractivity contribution is 6.33. The Morgan fingerprint density at radius 2 is 1.97 bits per heavy atom. The van der Waals surface area contributed by atoms with Crippen LogP contribution >= 0.6 is 11.6 Å². The Morgan fingerprint density at radius 3 is 2.70 bits per heavy atom. The van der Waals surface area contributed by atoms with Gasteiger partial charge in [-0.2, -0.15) is 5.10 Å². The molecule has 0 spiro atoms. The van der Waals surface area contributed by atoms with E-state index in [1.807, 2.05) is 6.92 Å². The summed E-state index contributed by atoms with van der Waals surface area (Å²) in [5, 5.41) is 4.33. The summed E-state index contributed by atoms with van der Waals surface area (Å²) in [5.74, 6) is 0.277. The summed E-state index contributed by atoms with van der Waals surface area (Å²) in [6.07, 6.45) is 1.48. The summed E-state index contributed by atoms with van der Waals surface area (Å²) in [6.45, 7) is 2.10. The fourth-order valence-electron chi connectivity index (χ4n) is 2.70. The van der Waals surface area contributed by atoms with E-state index in [4.69, 9.17) is 21.1 Å². The molecule has 1 amide bonds. The number of hydrazone groups is 1. The molecule has 5 nitrogen and oxygen atoms in total. The van der Waals surface area contributed by atoms with Crippen LogP contribution in [-0.4, -0.2) is 19.2 Å². The number of carbonyl (C=O) groups is 1. The lowest BCUT2D eigenvalue weighted by molar-refractivity contribution is 0.0955. The lowest BCUT2D eigenvalue weighted by Gasteiger charge is -2.11. The minimum Gasteiger partial charge on any atom is -0.493 e.